The minimum Gasteiger partial charge on any atom is -0.492 e. The fraction of sp³-hybridized carbons (Fsp3) is 0.444. The molecule has 9 heteroatoms. The van der Waals surface area contributed by atoms with E-state index in [-0.39, 0.29) is 18.5 Å². The van der Waals surface area contributed by atoms with Gasteiger partial charge in [0.1, 0.15) is 17.9 Å². The Labute approximate surface area is 155 Å². The van der Waals surface area contributed by atoms with Crippen LogP contribution in [0.5, 0.6) is 5.75 Å². The molecular weight excluding hydrogens is 361 g/mol. The van der Waals surface area contributed by atoms with E-state index in [1.165, 1.54) is 0 Å². The van der Waals surface area contributed by atoms with Crippen LogP contribution in [0.4, 0.5) is 19.0 Å². The lowest BCUT2D eigenvalue weighted by molar-refractivity contribution is -0.137. The lowest BCUT2D eigenvalue weighted by Gasteiger charge is -2.18. The Bertz CT molecular complexity index is 740. The van der Waals surface area contributed by atoms with Crippen LogP contribution in [0.25, 0.3) is 0 Å². The molecule has 1 aromatic carbocycles. The summed E-state index contributed by atoms with van der Waals surface area (Å²) in [5.74, 6) is 0.493. The first kappa shape index (κ1) is 19.4. The Morgan fingerprint density at radius 1 is 1.22 bits per heavy atom. The highest BCUT2D eigenvalue weighted by Crippen LogP contribution is 2.33. The van der Waals surface area contributed by atoms with Gasteiger partial charge in [0, 0.05) is 25.7 Å². The number of aliphatic hydroxyl groups is 1. The zero-order chi connectivity index (χ0) is 19.3. The number of alkyl halides is 3. The van der Waals surface area contributed by atoms with Gasteiger partial charge in [0.25, 0.3) is 0 Å². The summed E-state index contributed by atoms with van der Waals surface area (Å²) in [5, 5.41) is 19.0. The first-order valence-corrected chi connectivity index (χ1v) is 8.66. The summed E-state index contributed by atoms with van der Waals surface area (Å²) in [7, 11) is 0. The van der Waals surface area contributed by atoms with Gasteiger partial charge in [-0.2, -0.15) is 18.3 Å². The van der Waals surface area contributed by atoms with Crippen LogP contribution in [-0.2, 0) is 12.8 Å². The molecule has 3 rings (SSSR count). The Morgan fingerprint density at radius 2 is 2.00 bits per heavy atom. The lowest BCUT2D eigenvalue weighted by atomic mass is 10.2. The number of rotatable bonds is 7. The highest BCUT2D eigenvalue weighted by molar-refractivity contribution is 5.45. The van der Waals surface area contributed by atoms with Crippen molar-refractivity contribution in [2.75, 3.05) is 31.6 Å². The van der Waals surface area contributed by atoms with Crippen molar-refractivity contribution >= 4 is 5.82 Å². The van der Waals surface area contributed by atoms with E-state index in [2.05, 4.69) is 20.4 Å². The molecule has 1 aliphatic heterocycles. The summed E-state index contributed by atoms with van der Waals surface area (Å²) >= 11 is 0. The molecule has 1 saturated heterocycles. The SMILES string of the molecule is OCc1ccc(OCCN2CCC(Nc3nnccc3C(F)(F)F)C2)cc1. The first-order chi connectivity index (χ1) is 13.0. The number of benzene rings is 1. The summed E-state index contributed by atoms with van der Waals surface area (Å²) in [6.45, 7) is 2.52. The fourth-order valence-corrected chi connectivity index (χ4v) is 3.00. The van der Waals surface area contributed by atoms with E-state index in [1.54, 1.807) is 24.3 Å². The molecule has 1 aliphatic rings. The summed E-state index contributed by atoms with van der Waals surface area (Å²) in [5.41, 5.74) is 0.0173. The molecule has 2 aromatic rings. The third-order valence-corrected chi connectivity index (χ3v) is 4.42. The zero-order valence-corrected chi connectivity index (χ0v) is 14.6. The molecule has 1 aromatic heterocycles. The van der Waals surface area contributed by atoms with Gasteiger partial charge in [-0.3, -0.25) is 4.90 Å². The molecule has 146 valence electrons. The standard InChI is InChI=1S/C18H21F3N4O2/c19-18(20,21)16-5-7-22-24-17(16)23-14-6-8-25(11-14)9-10-27-15-3-1-13(12-26)2-4-15/h1-5,7,14,26H,6,8-12H2,(H,23,24). The van der Waals surface area contributed by atoms with E-state index in [9.17, 15) is 13.2 Å². The van der Waals surface area contributed by atoms with E-state index < -0.39 is 11.7 Å². The van der Waals surface area contributed by atoms with Crippen LogP contribution >= 0.6 is 0 Å². The Balaban J connectivity index is 1.46. The Morgan fingerprint density at radius 3 is 2.70 bits per heavy atom. The van der Waals surface area contributed by atoms with Gasteiger partial charge in [0.05, 0.1) is 12.8 Å². The van der Waals surface area contributed by atoms with Crippen LogP contribution in [0.15, 0.2) is 36.5 Å². The molecule has 6 nitrogen and oxygen atoms in total. The van der Waals surface area contributed by atoms with Crippen LogP contribution in [0, 0.1) is 0 Å². The largest absolute Gasteiger partial charge is 0.492 e. The van der Waals surface area contributed by atoms with Gasteiger partial charge in [-0.25, -0.2) is 0 Å². The second kappa shape index (κ2) is 8.53. The monoisotopic (exact) mass is 382 g/mol. The van der Waals surface area contributed by atoms with Crippen molar-refractivity contribution in [1.82, 2.24) is 15.1 Å². The van der Waals surface area contributed by atoms with Crippen LogP contribution in [-0.4, -0.2) is 52.5 Å². The number of halogens is 3. The van der Waals surface area contributed by atoms with Gasteiger partial charge in [-0.15, -0.1) is 5.10 Å². The minimum atomic E-state index is -4.46. The number of aliphatic hydroxyl groups excluding tert-OH is 1. The van der Waals surface area contributed by atoms with E-state index in [0.29, 0.717) is 19.7 Å². The van der Waals surface area contributed by atoms with Crippen LogP contribution in [0.3, 0.4) is 0 Å². The van der Waals surface area contributed by atoms with Crippen molar-refractivity contribution < 1.29 is 23.0 Å². The molecule has 0 saturated carbocycles. The molecule has 0 bridgehead atoms. The van der Waals surface area contributed by atoms with Gasteiger partial charge in [-0.05, 0) is 30.2 Å². The Hall–Kier alpha value is -2.39. The fourth-order valence-electron chi connectivity index (χ4n) is 3.00. The predicted molar refractivity (Wildman–Crippen MR) is 93.4 cm³/mol. The van der Waals surface area contributed by atoms with Crippen LogP contribution in [0.2, 0.25) is 0 Å². The summed E-state index contributed by atoms with van der Waals surface area (Å²) in [6.07, 6.45) is -2.70. The van der Waals surface area contributed by atoms with Crippen molar-refractivity contribution in [3.8, 4) is 5.75 Å². The molecule has 27 heavy (non-hydrogen) atoms. The summed E-state index contributed by atoms with van der Waals surface area (Å²) in [6, 6.07) is 8.00. The first-order valence-electron chi connectivity index (χ1n) is 8.66. The maximum atomic E-state index is 13.0. The topological polar surface area (TPSA) is 70.5 Å². The maximum absolute atomic E-state index is 13.0. The third-order valence-electron chi connectivity index (χ3n) is 4.42. The molecule has 2 N–H and O–H groups in total. The molecule has 2 heterocycles. The normalized spacial score (nSPS) is 17.9. The number of hydrogen-bond acceptors (Lipinski definition) is 6. The number of likely N-dealkylation sites (tertiary alicyclic amines) is 1. The molecule has 0 amide bonds. The van der Waals surface area contributed by atoms with Crippen LogP contribution < -0.4 is 10.1 Å². The van der Waals surface area contributed by atoms with E-state index in [4.69, 9.17) is 9.84 Å². The molecule has 0 spiro atoms. The van der Waals surface area contributed by atoms with Crippen LogP contribution in [0.1, 0.15) is 17.5 Å². The van der Waals surface area contributed by atoms with Gasteiger partial charge >= 0.3 is 6.18 Å². The lowest BCUT2D eigenvalue weighted by Crippen LogP contribution is -2.30. The second-order valence-corrected chi connectivity index (χ2v) is 6.37. The van der Waals surface area contributed by atoms with Gasteiger partial charge in [-0.1, -0.05) is 12.1 Å². The van der Waals surface area contributed by atoms with Crippen molar-refractivity contribution in [2.45, 2.75) is 25.2 Å². The average molecular weight is 382 g/mol. The number of hydrogen-bond donors (Lipinski definition) is 2. The molecule has 1 atom stereocenters. The molecular formula is C18H21F3N4O2. The van der Waals surface area contributed by atoms with E-state index in [0.717, 1.165) is 36.5 Å². The zero-order valence-electron chi connectivity index (χ0n) is 14.6. The number of ether oxygens (including phenoxy) is 1. The van der Waals surface area contributed by atoms with Crippen molar-refractivity contribution in [3.63, 3.8) is 0 Å². The van der Waals surface area contributed by atoms with Gasteiger partial charge < -0.3 is 15.2 Å². The van der Waals surface area contributed by atoms with Gasteiger partial charge in [0.2, 0.25) is 0 Å². The van der Waals surface area contributed by atoms with E-state index in [1.807, 2.05) is 0 Å². The number of nitrogens with zero attached hydrogens (tertiary/aromatic N) is 3. The third kappa shape index (κ3) is 5.30. The molecule has 0 radical (unpaired) electrons. The highest BCUT2D eigenvalue weighted by Gasteiger charge is 2.35. The number of nitrogens with one attached hydrogen (secondary N) is 1. The quantitative estimate of drug-likeness (QED) is 0.767. The number of anilines is 1. The number of aromatic nitrogens is 2. The highest BCUT2D eigenvalue weighted by atomic mass is 19.4. The van der Waals surface area contributed by atoms with E-state index >= 15 is 0 Å². The molecule has 1 fully saturated rings. The van der Waals surface area contributed by atoms with Crippen molar-refractivity contribution in [2.24, 2.45) is 0 Å². The minimum absolute atomic E-state index is 0.00963. The second-order valence-electron chi connectivity index (χ2n) is 6.37. The molecule has 1 unspecified atom stereocenters. The average Bonchev–Trinajstić information content (AvgIpc) is 3.09. The Kier molecular flexibility index (Phi) is 6.12. The summed E-state index contributed by atoms with van der Waals surface area (Å²) in [4.78, 5) is 2.13. The maximum Gasteiger partial charge on any atom is 0.420 e. The predicted octanol–water partition coefficient (Wildman–Crippen LogP) is 2.55. The summed E-state index contributed by atoms with van der Waals surface area (Å²) < 4.78 is 44.7. The smallest absolute Gasteiger partial charge is 0.420 e. The molecule has 0 aliphatic carbocycles. The van der Waals surface area contributed by atoms with Crippen molar-refractivity contribution in [3.05, 3.63) is 47.7 Å². The van der Waals surface area contributed by atoms with Crippen molar-refractivity contribution in [1.29, 1.82) is 0 Å². The van der Waals surface area contributed by atoms with Gasteiger partial charge in [0.15, 0.2) is 5.82 Å².